The number of amides is 1. The number of aliphatic hydroxyl groups is 1. The van der Waals surface area contributed by atoms with Crippen LogP contribution in [0.5, 0.6) is 11.5 Å². The maximum atomic E-state index is 14.1. The van der Waals surface area contributed by atoms with Gasteiger partial charge in [0.1, 0.15) is 28.8 Å². The van der Waals surface area contributed by atoms with E-state index in [2.05, 4.69) is 20.9 Å². The monoisotopic (exact) mass is 625 g/mol. The summed E-state index contributed by atoms with van der Waals surface area (Å²) in [5, 5.41) is 11.0. The minimum Gasteiger partial charge on any atom is -0.506 e. The quantitative estimate of drug-likeness (QED) is 0.250. The molecule has 206 valence electrons. The Morgan fingerprint density at radius 3 is 2.45 bits per heavy atom. The van der Waals surface area contributed by atoms with Gasteiger partial charge in [-0.05, 0) is 71.7 Å². The first-order chi connectivity index (χ1) is 19.3. The zero-order valence-electron chi connectivity index (χ0n) is 21.6. The molecule has 4 rings (SSSR count). The lowest BCUT2D eigenvalue weighted by molar-refractivity contribution is -0.138. The molecule has 1 aliphatic rings. The van der Waals surface area contributed by atoms with E-state index in [-0.39, 0.29) is 40.3 Å². The van der Waals surface area contributed by atoms with E-state index in [1.807, 2.05) is 6.92 Å². The lowest BCUT2D eigenvalue weighted by Crippen LogP contribution is -2.14. The number of aliphatic hydroxyl groups excluding tert-OH is 1. The van der Waals surface area contributed by atoms with Gasteiger partial charge >= 0.3 is 5.97 Å². The second kappa shape index (κ2) is 13.5. The SMILES string of the molecule is CCOC(=O)C1=C(O)/C(=C/c2cc(Br)c(OCc3ccccc3F)c(OCC)c2)SC1=NC(=O)c1ccccc1. The lowest BCUT2D eigenvalue weighted by atomic mass is 10.1. The lowest BCUT2D eigenvalue weighted by Gasteiger charge is -2.15. The molecule has 1 amide bonds. The summed E-state index contributed by atoms with van der Waals surface area (Å²) in [5.41, 5.74) is 1.15. The molecule has 0 bridgehead atoms. The molecule has 0 unspecified atom stereocenters. The van der Waals surface area contributed by atoms with Crippen LogP contribution in [0.15, 0.2) is 92.4 Å². The maximum absolute atomic E-state index is 14.1. The molecule has 0 saturated carbocycles. The van der Waals surface area contributed by atoms with Crippen molar-refractivity contribution in [1.29, 1.82) is 0 Å². The van der Waals surface area contributed by atoms with Gasteiger partial charge in [0.2, 0.25) is 0 Å². The van der Waals surface area contributed by atoms with Crippen LogP contribution in [-0.2, 0) is 16.1 Å². The molecular weight excluding hydrogens is 601 g/mol. The predicted molar refractivity (Wildman–Crippen MR) is 156 cm³/mol. The van der Waals surface area contributed by atoms with Gasteiger partial charge < -0.3 is 19.3 Å². The zero-order valence-corrected chi connectivity index (χ0v) is 24.1. The Kier molecular flexibility index (Phi) is 9.79. The average Bonchev–Trinajstić information content (AvgIpc) is 3.23. The number of ether oxygens (including phenoxy) is 3. The molecule has 3 aromatic rings. The minimum absolute atomic E-state index is 0.0106. The molecule has 40 heavy (non-hydrogen) atoms. The van der Waals surface area contributed by atoms with E-state index in [1.54, 1.807) is 73.7 Å². The molecule has 1 heterocycles. The van der Waals surface area contributed by atoms with Crippen LogP contribution in [0, 0.1) is 5.82 Å². The van der Waals surface area contributed by atoms with Gasteiger partial charge in [-0.1, -0.05) is 48.2 Å². The van der Waals surface area contributed by atoms with Gasteiger partial charge in [-0.2, -0.15) is 0 Å². The largest absolute Gasteiger partial charge is 0.506 e. The first-order valence-electron chi connectivity index (χ1n) is 12.3. The molecule has 0 fully saturated rings. The Labute approximate surface area is 243 Å². The summed E-state index contributed by atoms with van der Waals surface area (Å²) in [4.78, 5) is 29.8. The normalized spacial score (nSPS) is 15.0. The van der Waals surface area contributed by atoms with Crippen molar-refractivity contribution in [2.24, 2.45) is 4.99 Å². The summed E-state index contributed by atoms with van der Waals surface area (Å²) in [5.74, 6) is -1.30. The highest BCUT2D eigenvalue weighted by atomic mass is 79.9. The molecule has 10 heteroatoms. The maximum Gasteiger partial charge on any atom is 0.344 e. The number of thioether (sulfide) groups is 1. The third kappa shape index (κ3) is 6.81. The van der Waals surface area contributed by atoms with Gasteiger partial charge in [-0.3, -0.25) is 4.79 Å². The molecular formula is C30H25BrFNO6S. The Bertz CT molecular complexity index is 1520. The fraction of sp³-hybridized carbons (Fsp3) is 0.167. The molecule has 0 atom stereocenters. The van der Waals surface area contributed by atoms with Crippen LogP contribution in [0.4, 0.5) is 4.39 Å². The van der Waals surface area contributed by atoms with E-state index in [4.69, 9.17) is 14.2 Å². The van der Waals surface area contributed by atoms with Crippen molar-refractivity contribution < 1.29 is 33.3 Å². The highest BCUT2D eigenvalue weighted by Crippen LogP contribution is 2.42. The zero-order chi connectivity index (χ0) is 28.6. The summed E-state index contributed by atoms with van der Waals surface area (Å²) >= 11 is 4.47. The molecule has 0 radical (unpaired) electrons. The summed E-state index contributed by atoms with van der Waals surface area (Å²) in [6.45, 7) is 3.87. The summed E-state index contributed by atoms with van der Waals surface area (Å²) in [6, 6.07) is 18.2. The molecule has 7 nitrogen and oxygen atoms in total. The van der Waals surface area contributed by atoms with E-state index in [0.717, 1.165) is 11.8 Å². The number of esters is 1. The third-order valence-corrected chi connectivity index (χ3v) is 7.16. The van der Waals surface area contributed by atoms with Gasteiger partial charge in [0.15, 0.2) is 11.5 Å². The van der Waals surface area contributed by atoms with Gasteiger partial charge in [0.25, 0.3) is 5.91 Å². The minimum atomic E-state index is -0.788. The fourth-order valence-electron chi connectivity index (χ4n) is 3.72. The van der Waals surface area contributed by atoms with Crippen molar-refractivity contribution >= 4 is 50.7 Å². The smallest absolute Gasteiger partial charge is 0.344 e. The molecule has 0 spiro atoms. The summed E-state index contributed by atoms with van der Waals surface area (Å²) in [7, 11) is 0. The average molecular weight is 627 g/mol. The van der Waals surface area contributed by atoms with Gasteiger partial charge in [-0.25, -0.2) is 14.2 Å². The number of carbonyl (C=O) groups excluding carboxylic acids is 2. The number of aliphatic imine (C=N–C) groups is 1. The number of hydrogen-bond acceptors (Lipinski definition) is 7. The summed E-state index contributed by atoms with van der Waals surface area (Å²) in [6.07, 6.45) is 1.63. The Morgan fingerprint density at radius 2 is 1.75 bits per heavy atom. The second-order valence-corrected chi connectivity index (χ2v) is 10.2. The molecule has 0 saturated heterocycles. The predicted octanol–water partition coefficient (Wildman–Crippen LogP) is 7.27. The van der Waals surface area contributed by atoms with Crippen molar-refractivity contribution in [3.8, 4) is 11.5 Å². The Morgan fingerprint density at radius 1 is 1.02 bits per heavy atom. The third-order valence-electron chi connectivity index (χ3n) is 5.55. The van der Waals surface area contributed by atoms with Crippen LogP contribution in [0.1, 0.15) is 35.3 Å². The summed E-state index contributed by atoms with van der Waals surface area (Å²) < 4.78 is 31.4. The first-order valence-corrected chi connectivity index (χ1v) is 13.9. The van der Waals surface area contributed by atoms with Crippen molar-refractivity contribution in [3.63, 3.8) is 0 Å². The number of hydrogen-bond donors (Lipinski definition) is 1. The van der Waals surface area contributed by atoms with Gasteiger partial charge in [0.05, 0.1) is 22.6 Å². The van der Waals surface area contributed by atoms with E-state index in [0.29, 0.717) is 39.3 Å². The number of carbonyl (C=O) groups is 2. The first kappa shape index (κ1) is 29.1. The van der Waals surface area contributed by atoms with Crippen LogP contribution >= 0.6 is 27.7 Å². The van der Waals surface area contributed by atoms with Gasteiger partial charge in [0, 0.05) is 11.1 Å². The second-order valence-electron chi connectivity index (χ2n) is 8.29. The van der Waals surface area contributed by atoms with Crippen molar-refractivity contribution in [1.82, 2.24) is 0 Å². The van der Waals surface area contributed by atoms with E-state index < -0.39 is 11.9 Å². The van der Waals surface area contributed by atoms with E-state index in [1.165, 1.54) is 6.07 Å². The number of nitrogens with zero attached hydrogens (tertiary/aromatic N) is 1. The molecule has 1 aliphatic heterocycles. The fourth-order valence-corrected chi connectivity index (χ4v) is 5.31. The van der Waals surface area contributed by atoms with Gasteiger partial charge in [-0.15, -0.1) is 0 Å². The van der Waals surface area contributed by atoms with Crippen LogP contribution in [0.3, 0.4) is 0 Å². The standard InChI is InChI=1S/C30H25BrFNO6S/c1-3-37-23-15-18(14-21(31)27(23)39-17-20-12-8-9-13-22(20)32)16-24-26(34)25(30(36)38-4-2)29(40-24)33-28(35)19-10-6-5-7-11-19/h5-16,34H,3-4,17H2,1-2H3/b24-16-,33-29?. The van der Waals surface area contributed by atoms with Crippen LogP contribution in [0.2, 0.25) is 0 Å². The van der Waals surface area contributed by atoms with Crippen molar-refractivity contribution in [2.45, 2.75) is 20.5 Å². The molecule has 1 N–H and O–H groups in total. The van der Waals surface area contributed by atoms with E-state index in [9.17, 15) is 19.1 Å². The number of rotatable bonds is 9. The van der Waals surface area contributed by atoms with Crippen LogP contribution in [0.25, 0.3) is 6.08 Å². The molecule has 3 aromatic carbocycles. The topological polar surface area (TPSA) is 94.4 Å². The van der Waals surface area contributed by atoms with Crippen LogP contribution in [-0.4, -0.2) is 35.2 Å². The van der Waals surface area contributed by atoms with Crippen molar-refractivity contribution in [2.75, 3.05) is 13.2 Å². The highest BCUT2D eigenvalue weighted by Gasteiger charge is 2.34. The number of benzene rings is 3. The van der Waals surface area contributed by atoms with E-state index >= 15 is 0 Å². The Balaban J connectivity index is 1.68. The molecule has 0 aromatic heterocycles. The van der Waals surface area contributed by atoms with Crippen molar-refractivity contribution in [3.05, 3.63) is 110 Å². The Hall–Kier alpha value is -3.89. The van der Waals surface area contributed by atoms with Crippen LogP contribution < -0.4 is 9.47 Å². The molecule has 0 aliphatic carbocycles. The number of halogens is 2. The highest BCUT2D eigenvalue weighted by molar-refractivity contribution is 9.10.